The topological polar surface area (TPSA) is 84.9 Å². The Morgan fingerprint density at radius 3 is 2.42 bits per heavy atom. The summed E-state index contributed by atoms with van der Waals surface area (Å²) in [4.78, 5) is 22.8. The first-order valence-electron chi connectivity index (χ1n) is 6.57. The van der Waals surface area contributed by atoms with Crippen LogP contribution in [-0.2, 0) is 19.1 Å². The van der Waals surface area contributed by atoms with Crippen LogP contribution in [0.3, 0.4) is 0 Å². The Morgan fingerprint density at radius 1 is 1.32 bits per heavy atom. The Labute approximate surface area is 112 Å². The van der Waals surface area contributed by atoms with Crippen molar-refractivity contribution in [1.82, 2.24) is 5.32 Å². The highest BCUT2D eigenvalue weighted by atomic mass is 16.5. The lowest BCUT2D eigenvalue weighted by atomic mass is 9.64. The molecule has 1 saturated heterocycles. The number of ether oxygens (including phenoxy) is 2. The molecule has 4 atom stereocenters. The Hall–Kier alpha value is -1.14. The molecule has 4 unspecified atom stereocenters. The molecule has 1 saturated carbocycles. The number of nitrogens with one attached hydrogen (secondary N) is 1. The number of aliphatic carboxylic acids is 1. The standard InChI is InChI=1S/C13H21NO5/c1-13(2)9(6-10(13)18-3)14-11(15)7-4-5-8(19-7)12(16)17/h7-10H,4-6H2,1-3H3,(H,14,15)(H,16,17). The van der Waals surface area contributed by atoms with Crippen molar-refractivity contribution in [3.63, 3.8) is 0 Å². The number of amides is 1. The summed E-state index contributed by atoms with van der Waals surface area (Å²) < 4.78 is 10.6. The molecular formula is C13H21NO5. The third kappa shape index (κ3) is 2.60. The van der Waals surface area contributed by atoms with E-state index < -0.39 is 18.2 Å². The van der Waals surface area contributed by atoms with Crippen LogP contribution in [0.15, 0.2) is 0 Å². The Morgan fingerprint density at radius 2 is 1.95 bits per heavy atom. The molecule has 0 bridgehead atoms. The number of carboxylic acids is 1. The molecule has 19 heavy (non-hydrogen) atoms. The van der Waals surface area contributed by atoms with Gasteiger partial charge in [-0.2, -0.15) is 0 Å². The van der Waals surface area contributed by atoms with Crippen LogP contribution in [0.4, 0.5) is 0 Å². The highest BCUT2D eigenvalue weighted by Crippen LogP contribution is 2.42. The van der Waals surface area contributed by atoms with E-state index in [0.29, 0.717) is 12.8 Å². The molecule has 108 valence electrons. The van der Waals surface area contributed by atoms with Gasteiger partial charge in [0.1, 0.15) is 6.10 Å². The largest absolute Gasteiger partial charge is 0.479 e. The zero-order valence-corrected chi connectivity index (χ0v) is 11.5. The smallest absolute Gasteiger partial charge is 0.332 e. The van der Waals surface area contributed by atoms with Crippen LogP contribution in [0, 0.1) is 5.41 Å². The molecule has 0 aromatic heterocycles. The normalized spacial score (nSPS) is 36.6. The first-order valence-corrected chi connectivity index (χ1v) is 6.57. The van der Waals surface area contributed by atoms with E-state index in [0.717, 1.165) is 6.42 Å². The van der Waals surface area contributed by atoms with Gasteiger partial charge in [0.15, 0.2) is 6.10 Å². The fourth-order valence-corrected chi connectivity index (χ4v) is 2.81. The second-order valence-electron chi connectivity index (χ2n) is 5.87. The number of carbonyl (C=O) groups is 2. The van der Waals surface area contributed by atoms with E-state index in [1.165, 1.54) is 0 Å². The molecule has 6 heteroatoms. The van der Waals surface area contributed by atoms with Gasteiger partial charge in [-0.05, 0) is 19.3 Å². The molecule has 6 nitrogen and oxygen atoms in total. The van der Waals surface area contributed by atoms with Gasteiger partial charge < -0.3 is 19.9 Å². The second kappa shape index (κ2) is 5.09. The van der Waals surface area contributed by atoms with Gasteiger partial charge in [0.05, 0.1) is 6.10 Å². The predicted octanol–water partition coefficient (Wildman–Crippen LogP) is 0.548. The summed E-state index contributed by atoms with van der Waals surface area (Å²) in [5, 5.41) is 11.8. The zero-order chi connectivity index (χ0) is 14.2. The Bertz CT molecular complexity index is 381. The van der Waals surface area contributed by atoms with E-state index in [1.54, 1.807) is 7.11 Å². The van der Waals surface area contributed by atoms with Crippen LogP contribution >= 0.6 is 0 Å². The maximum absolute atomic E-state index is 12.0. The third-order valence-corrected chi connectivity index (χ3v) is 4.37. The molecule has 1 heterocycles. The lowest BCUT2D eigenvalue weighted by molar-refractivity contribution is -0.153. The number of hydrogen-bond acceptors (Lipinski definition) is 4. The summed E-state index contributed by atoms with van der Waals surface area (Å²) in [6.45, 7) is 4.09. The molecule has 0 aromatic carbocycles. The summed E-state index contributed by atoms with van der Waals surface area (Å²) in [7, 11) is 1.67. The molecule has 1 amide bonds. The minimum Gasteiger partial charge on any atom is -0.479 e. The summed E-state index contributed by atoms with van der Waals surface area (Å²) in [5.74, 6) is -1.21. The zero-order valence-electron chi connectivity index (χ0n) is 11.5. The Balaban J connectivity index is 1.85. The minimum absolute atomic E-state index is 0.0532. The van der Waals surface area contributed by atoms with E-state index in [2.05, 4.69) is 5.32 Å². The molecule has 2 rings (SSSR count). The van der Waals surface area contributed by atoms with Gasteiger partial charge >= 0.3 is 5.97 Å². The van der Waals surface area contributed by atoms with E-state index in [-0.39, 0.29) is 23.5 Å². The minimum atomic E-state index is -1.00. The van der Waals surface area contributed by atoms with E-state index in [4.69, 9.17) is 14.6 Å². The number of hydrogen-bond donors (Lipinski definition) is 2. The summed E-state index contributed by atoms with van der Waals surface area (Å²) in [5.41, 5.74) is -0.102. The van der Waals surface area contributed by atoms with Crippen LogP contribution in [0.2, 0.25) is 0 Å². The predicted molar refractivity (Wildman–Crippen MR) is 66.7 cm³/mol. The van der Waals surface area contributed by atoms with Crippen LogP contribution in [-0.4, -0.2) is 48.4 Å². The first-order chi connectivity index (χ1) is 8.86. The van der Waals surface area contributed by atoms with Crippen molar-refractivity contribution in [2.75, 3.05) is 7.11 Å². The molecule has 1 aliphatic heterocycles. The van der Waals surface area contributed by atoms with Gasteiger partial charge in [-0.15, -0.1) is 0 Å². The van der Waals surface area contributed by atoms with Gasteiger partial charge in [0.25, 0.3) is 0 Å². The first kappa shape index (κ1) is 14.3. The molecule has 2 fully saturated rings. The van der Waals surface area contributed by atoms with Crippen molar-refractivity contribution in [1.29, 1.82) is 0 Å². The summed E-state index contributed by atoms with van der Waals surface area (Å²) in [6, 6.07) is 0.0532. The number of rotatable bonds is 4. The summed E-state index contributed by atoms with van der Waals surface area (Å²) in [6.07, 6.45) is 0.292. The van der Waals surface area contributed by atoms with E-state index in [1.807, 2.05) is 13.8 Å². The second-order valence-corrected chi connectivity index (χ2v) is 5.87. The Kier molecular flexibility index (Phi) is 3.82. The SMILES string of the molecule is COC1CC(NC(=O)C2CCC(C(=O)O)O2)C1(C)C. The average Bonchev–Trinajstić information content (AvgIpc) is 2.83. The fraction of sp³-hybridized carbons (Fsp3) is 0.846. The molecule has 0 aromatic rings. The van der Waals surface area contributed by atoms with Crippen molar-refractivity contribution >= 4 is 11.9 Å². The maximum Gasteiger partial charge on any atom is 0.332 e. The lowest BCUT2D eigenvalue weighted by Gasteiger charge is -2.51. The van der Waals surface area contributed by atoms with Crippen LogP contribution in [0.5, 0.6) is 0 Å². The molecule has 2 aliphatic rings. The van der Waals surface area contributed by atoms with Crippen molar-refractivity contribution in [3.05, 3.63) is 0 Å². The van der Waals surface area contributed by atoms with Crippen molar-refractivity contribution in [2.45, 2.75) is 57.5 Å². The number of carbonyl (C=O) groups excluding carboxylic acids is 1. The third-order valence-electron chi connectivity index (χ3n) is 4.37. The van der Waals surface area contributed by atoms with Gasteiger partial charge in [-0.25, -0.2) is 4.79 Å². The van der Waals surface area contributed by atoms with Gasteiger partial charge in [0, 0.05) is 18.6 Å². The molecule has 2 N–H and O–H groups in total. The monoisotopic (exact) mass is 271 g/mol. The molecule has 0 spiro atoms. The van der Waals surface area contributed by atoms with Crippen molar-refractivity contribution in [3.8, 4) is 0 Å². The van der Waals surface area contributed by atoms with Crippen LogP contribution in [0.25, 0.3) is 0 Å². The van der Waals surface area contributed by atoms with E-state index in [9.17, 15) is 9.59 Å². The van der Waals surface area contributed by atoms with Gasteiger partial charge in [-0.1, -0.05) is 13.8 Å². The molecule has 1 aliphatic carbocycles. The van der Waals surface area contributed by atoms with Crippen molar-refractivity contribution in [2.24, 2.45) is 5.41 Å². The molecule has 0 radical (unpaired) electrons. The van der Waals surface area contributed by atoms with E-state index >= 15 is 0 Å². The van der Waals surface area contributed by atoms with Crippen molar-refractivity contribution < 1.29 is 24.2 Å². The lowest BCUT2D eigenvalue weighted by Crippen LogP contribution is -2.62. The number of methoxy groups -OCH3 is 1. The average molecular weight is 271 g/mol. The fourth-order valence-electron chi connectivity index (χ4n) is 2.81. The summed E-state index contributed by atoms with van der Waals surface area (Å²) >= 11 is 0. The maximum atomic E-state index is 12.0. The number of carboxylic acid groups (broad SMARTS) is 1. The van der Waals surface area contributed by atoms with Crippen LogP contribution in [0.1, 0.15) is 33.1 Å². The van der Waals surface area contributed by atoms with Gasteiger partial charge in [0.2, 0.25) is 5.91 Å². The van der Waals surface area contributed by atoms with Gasteiger partial charge in [-0.3, -0.25) is 4.79 Å². The highest BCUT2D eigenvalue weighted by molar-refractivity contribution is 5.83. The quantitative estimate of drug-likeness (QED) is 0.780. The van der Waals surface area contributed by atoms with Crippen LogP contribution < -0.4 is 5.32 Å². The molecular weight excluding hydrogens is 250 g/mol. The highest BCUT2D eigenvalue weighted by Gasteiger charge is 2.50.